The van der Waals surface area contributed by atoms with Crippen molar-refractivity contribution in [3.05, 3.63) is 59.8 Å². The van der Waals surface area contributed by atoms with Crippen molar-refractivity contribution in [2.75, 3.05) is 17.2 Å². The predicted molar refractivity (Wildman–Crippen MR) is 102 cm³/mol. The van der Waals surface area contributed by atoms with E-state index < -0.39 is 0 Å². The number of ether oxygens (including phenoxy) is 1. The molecule has 0 saturated carbocycles. The number of aryl methyl sites for hydroxylation is 2. The van der Waals surface area contributed by atoms with Crippen LogP contribution in [0.25, 0.3) is 11.3 Å². The van der Waals surface area contributed by atoms with E-state index in [0.29, 0.717) is 22.8 Å². The smallest absolute Gasteiger partial charge is 0.276 e. The fourth-order valence-electron chi connectivity index (χ4n) is 2.97. The second kappa shape index (κ2) is 6.60. The van der Waals surface area contributed by atoms with Gasteiger partial charge in [0.05, 0.1) is 17.1 Å². The van der Waals surface area contributed by atoms with Crippen molar-refractivity contribution in [2.24, 2.45) is 7.05 Å². The number of nitrogens with zero attached hydrogens (tertiary/aromatic N) is 2. The van der Waals surface area contributed by atoms with Gasteiger partial charge in [-0.1, -0.05) is 35.9 Å². The van der Waals surface area contributed by atoms with Crippen LogP contribution in [0.2, 0.25) is 0 Å². The van der Waals surface area contributed by atoms with E-state index in [1.165, 1.54) is 5.56 Å². The maximum Gasteiger partial charge on any atom is 0.276 e. The van der Waals surface area contributed by atoms with Gasteiger partial charge in [-0.05, 0) is 30.7 Å². The first kappa shape index (κ1) is 16.8. The van der Waals surface area contributed by atoms with Crippen molar-refractivity contribution in [2.45, 2.75) is 6.92 Å². The summed E-state index contributed by atoms with van der Waals surface area (Å²) in [5, 5.41) is 9.85. The molecule has 0 aliphatic carbocycles. The molecule has 136 valence electrons. The molecule has 0 atom stereocenters. The van der Waals surface area contributed by atoms with Gasteiger partial charge in [0.15, 0.2) is 18.1 Å². The Morgan fingerprint density at radius 1 is 1.22 bits per heavy atom. The van der Waals surface area contributed by atoms with Crippen LogP contribution in [0, 0.1) is 6.92 Å². The van der Waals surface area contributed by atoms with E-state index in [1.54, 1.807) is 36.0 Å². The summed E-state index contributed by atoms with van der Waals surface area (Å²) in [6, 6.07) is 15.0. The van der Waals surface area contributed by atoms with E-state index in [-0.39, 0.29) is 18.4 Å². The van der Waals surface area contributed by atoms with Crippen LogP contribution in [0.4, 0.5) is 11.4 Å². The Labute approximate surface area is 156 Å². The molecule has 1 aliphatic heterocycles. The standard InChI is InChI=1S/C20H18N4O3/c1-12-6-8-13(9-7-12)17-10-16(23-24(17)2)20(26)22-15-5-3-4-14-19(15)27-11-18(25)21-14/h3-10H,11H2,1-2H3,(H,21,25)(H,22,26). The maximum atomic E-state index is 12.7. The minimum Gasteiger partial charge on any atom is -0.479 e. The number of hydrogen-bond donors (Lipinski definition) is 2. The maximum absolute atomic E-state index is 12.7. The van der Waals surface area contributed by atoms with Gasteiger partial charge >= 0.3 is 0 Å². The van der Waals surface area contributed by atoms with Crippen molar-refractivity contribution in [1.29, 1.82) is 0 Å². The Morgan fingerprint density at radius 2 is 2.00 bits per heavy atom. The summed E-state index contributed by atoms with van der Waals surface area (Å²) in [7, 11) is 1.80. The van der Waals surface area contributed by atoms with Gasteiger partial charge in [0.1, 0.15) is 0 Å². The van der Waals surface area contributed by atoms with Crippen molar-refractivity contribution in [3.63, 3.8) is 0 Å². The lowest BCUT2D eigenvalue weighted by atomic mass is 10.1. The van der Waals surface area contributed by atoms with Gasteiger partial charge in [0.2, 0.25) is 0 Å². The van der Waals surface area contributed by atoms with Gasteiger partial charge in [-0.15, -0.1) is 0 Å². The second-order valence-electron chi connectivity index (χ2n) is 6.38. The third kappa shape index (κ3) is 3.27. The number of benzene rings is 2. The van der Waals surface area contributed by atoms with E-state index in [2.05, 4.69) is 15.7 Å². The van der Waals surface area contributed by atoms with Crippen molar-refractivity contribution in [3.8, 4) is 17.0 Å². The Balaban J connectivity index is 1.60. The van der Waals surface area contributed by atoms with E-state index in [1.807, 2.05) is 31.2 Å². The van der Waals surface area contributed by atoms with Crippen molar-refractivity contribution < 1.29 is 14.3 Å². The summed E-state index contributed by atoms with van der Waals surface area (Å²) in [5.74, 6) is -0.128. The predicted octanol–water partition coefficient (Wildman–Crippen LogP) is 2.98. The number of anilines is 2. The zero-order valence-corrected chi connectivity index (χ0v) is 14.9. The van der Waals surface area contributed by atoms with Gasteiger partial charge in [-0.3, -0.25) is 14.3 Å². The Hall–Kier alpha value is -3.61. The molecule has 7 heteroatoms. The average Bonchev–Trinajstić information content (AvgIpc) is 3.04. The number of fused-ring (bicyclic) bond motifs is 1. The van der Waals surface area contributed by atoms with Crippen LogP contribution < -0.4 is 15.4 Å². The van der Waals surface area contributed by atoms with Gasteiger partial charge < -0.3 is 15.4 Å². The van der Waals surface area contributed by atoms with Crippen LogP contribution in [0.1, 0.15) is 16.1 Å². The third-order valence-electron chi connectivity index (χ3n) is 4.34. The molecule has 0 bridgehead atoms. The Kier molecular flexibility index (Phi) is 4.12. The highest BCUT2D eigenvalue weighted by Gasteiger charge is 2.21. The summed E-state index contributed by atoms with van der Waals surface area (Å²) < 4.78 is 7.14. The lowest BCUT2D eigenvalue weighted by molar-refractivity contribution is -0.118. The number of hydrogen-bond acceptors (Lipinski definition) is 4. The molecule has 2 amide bonds. The molecule has 0 unspecified atom stereocenters. The van der Waals surface area contributed by atoms with Crippen LogP contribution in [-0.2, 0) is 11.8 Å². The summed E-state index contributed by atoms with van der Waals surface area (Å²) in [5.41, 5.74) is 4.31. The highest BCUT2D eigenvalue weighted by atomic mass is 16.5. The van der Waals surface area contributed by atoms with Crippen molar-refractivity contribution in [1.82, 2.24) is 9.78 Å². The van der Waals surface area contributed by atoms with Crippen LogP contribution in [0.3, 0.4) is 0 Å². The first-order chi connectivity index (χ1) is 13.0. The topological polar surface area (TPSA) is 85.2 Å². The van der Waals surface area contributed by atoms with E-state index >= 15 is 0 Å². The largest absolute Gasteiger partial charge is 0.479 e. The number of para-hydroxylation sites is 1. The lowest BCUT2D eigenvalue weighted by Gasteiger charge is -2.20. The first-order valence-electron chi connectivity index (χ1n) is 8.49. The fraction of sp³-hybridized carbons (Fsp3) is 0.150. The molecule has 1 aromatic heterocycles. The molecule has 2 N–H and O–H groups in total. The zero-order valence-electron chi connectivity index (χ0n) is 14.9. The highest BCUT2D eigenvalue weighted by molar-refractivity contribution is 6.06. The van der Waals surface area contributed by atoms with E-state index in [0.717, 1.165) is 11.3 Å². The summed E-state index contributed by atoms with van der Waals surface area (Å²) in [6.45, 7) is 1.94. The molecule has 2 aromatic carbocycles. The molecule has 3 aromatic rings. The minimum absolute atomic E-state index is 0.0823. The Bertz CT molecular complexity index is 1040. The number of amides is 2. The number of rotatable bonds is 3. The molecule has 7 nitrogen and oxygen atoms in total. The summed E-state index contributed by atoms with van der Waals surface area (Å²) >= 11 is 0. The molecule has 27 heavy (non-hydrogen) atoms. The average molecular weight is 362 g/mol. The van der Waals surface area contributed by atoms with Gasteiger partial charge in [-0.2, -0.15) is 5.10 Å². The monoisotopic (exact) mass is 362 g/mol. The van der Waals surface area contributed by atoms with Crippen LogP contribution >= 0.6 is 0 Å². The van der Waals surface area contributed by atoms with E-state index in [9.17, 15) is 9.59 Å². The molecule has 0 radical (unpaired) electrons. The molecule has 0 fully saturated rings. The minimum atomic E-state index is -0.349. The number of carbonyl (C=O) groups excluding carboxylic acids is 2. The normalized spacial score (nSPS) is 12.7. The summed E-state index contributed by atoms with van der Waals surface area (Å²) in [6.07, 6.45) is 0. The quantitative estimate of drug-likeness (QED) is 0.750. The zero-order chi connectivity index (χ0) is 19.0. The molecule has 2 heterocycles. The van der Waals surface area contributed by atoms with Crippen LogP contribution in [-0.4, -0.2) is 28.2 Å². The van der Waals surface area contributed by atoms with Gasteiger partial charge in [0, 0.05) is 7.05 Å². The Morgan fingerprint density at radius 3 is 2.78 bits per heavy atom. The molecule has 4 rings (SSSR count). The molecule has 0 spiro atoms. The van der Waals surface area contributed by atoms with E-state index in [4.69, 9.17) is 4.74 Å². The number of aromatic nitrogens is 2. The highest BCUT2D eigenvalue weighted by Crippen LogP contribution is 2.35. The van der Waals surface area contributed by atoms with Crippen LogP contribution in [0.5, 0.6) is 5.75 Å². The van der Waals surface area contributed by atoms with Crippen LogP contribution in [0.15, 0.2) is 48.5 Å². The third-order valence-corrected chi connectivity index (χ3v) is 4.34. The molecular weight excluding hydrogens is 344 g/mol. The fourth-order valence-corrected chi connectivity index (χ4v) is 2.97. The molecule has 0 saturated heterocycles. The summed E-state index contributed by atoms with van der Waals surface area (Å²) in [4.78, 5) is 24.1. The second-order valence-corrected chi connectivity index (χ2v) is 6.38. The number of carbonyl (C=O) groups is 2. The first-order valence-corrected chi connectivity index (χ1v) is 8.49. The number of nitrogens with one attached hydrogen (secondary N) is 2. The van der Waals surface area contributed by atoms with Gasteiger partial charge in [-0.25, -0.2) is 0 Å². The molecular formula is C20H18N4O3. The molecule has 1 aliphatic rings. The van der Waals surface area contributed by atoms with Gasteiger partial charge in [0.25, 0.3) is 11.8 Å². The lowest BCUT2D eigenvalue weighted by Crippen LogP contribution is -2.26. The SMILES string of the molecule is Cc1ccc(-c2cc(C(=O)Nc3cccc4c3OCC(=O)N4)nn2C)cc1. The van der Waals surface area contributed by atoms with Crippen molar-refractivity contribution >= 4 is 23.2 Å².